The average molecular weight is 247 g/mol. The van der Waals surface area contributed by atoms with Crippen molar-refractivity contribution in [2.45, 2.75) is 6.10 Å². The number of aliphatic hydroxyl groups is 1. The lowest BCUT2D eigenvalue weighted by atomic mass is 10.1. The molecule has 1 aromatic carbocycles. The minimum absolute atomic E-state index is 0.0248. The quantitative estimate of drug-likeness (QED) is 0.842. The van der Waals surface area contributed by atoms with Crippen molar-refractivity contribution in [1.29, 1.82) is 0 Å². The van der Waals surface area contributed by atoms with Crippen LogP contribution in [0, 0.1) is 0 Å². The Labute approximate surface area is 97.2 Å². The van der Waals surface area contributed by atoms with Gasteiger partial charge in [0.1, 0.15) is 0 Å². The Morgan fingerprint density at radius 1 is 1.38 bits per heavy atom. The van der Waals surface area contributed by atoms with Crippen LogP contribution >= 0.6 is 11.6 Å². The van der Waals surface area contributed by atoms with Gasteiger partial charge in [0.25, 0.3) is 0 Å². The first-order valence-corrected chi connectivity index (χ1v) is 4.72. The third kappa shape index (κ3) is 2.20. The molecule has 0 aromatic heterocycles. The van der Waals surface area contributed by atoms with Gasteiger partial charge in [0.05, 0.1) is 19.2 Å². The molecule has 1 atom stereocenters. The molecule has 0 radical (unpaired) electrons. The fraction of sp³-hybridized carbons (Fsp3) is 0.300. The Morgan fingerprint density at radius 3 is 2.44 bits per heavy atom. The second-order valence-electron chi connectivity index (χ2n) is 2.95. The largest absolute Gasteiger partial charge is 0.493 e. The maximum atomic E-state index is 10.6. The monoisotopic (exact) mass is 246 g/mol. The van der Waals surface area contributed by atoms with E-state index in [0.29, 0.717) is 5.75 Å². The summed E-state index contributed by atoms with van der Waals surface area (Å²) in [7, 11) is 2.81. The Morgan fingerprint density at radius 2 is 2.00 bits per heavy atom. The van der Waals surface area contributed by atoms with Crippen LogP contribution in [0.25, 0.3) is 0 Å². The molecule has 0 aliphatic rings. The summed E-state index contributed by atoms with van der Waals surface area (Å²) in [6.45, 7) is 0. The molecule has 6 heteroatoms. The zero-order valence-corrected chi connectivity index (χ0v) is 9.49. The highest BCUT2D eigenvalue weighted by atomic mass is 35.5. The molecule has 0 amide bonds. The van der Waals surface area contributed by atoms with Gasteiger partial charge in [-0.15, -0.1) is 0 Å². The summed E-state index contributed by atoms with van der Waals surface area (Å²) in [6, 6.07) is 2.86. The van der Waals surface area contributed by atoms with Crippen molar-refractivity contribution in [3.63, 3.8) is 0 Å². The smallest absolute Gasteiger partial charge is 0.337 e. The van der Waals surface area contributed by atoms with E-state index >= 15 is 0 Å². The van der Waals surface area contributed by atoms with E-state index in [0.717, 1.165) is 0 Å². The lowest BCUT2D eigenvalue weighted by Crippen LogP contribution is -2.11. The SMILES string of the molecule is COc1ccc([C@@H](O)C(=O)O)c(Cl)c1OC. The molecule has 0 fully saturated rings. The fourth-order valence-corrected chi connectivity index (χ4v) is 1.59. The van der Waals surface area contributed by atoms with E-state index in [9.17, 15) is 9.90 Å². The number of aliphatic hydroxyl groups excluding tert-OH is 1. The number of methoxy groups -OCH3 is 2. The number of benzene rings is 1. The number of halogens is 1. The summed E-state index contributed by atoms with van der Waals surface area (Å²) in [6.07, 6.45) is -1.69. The van der Waals surface area contributed by atoms with Crippen molar-refractivity contribution >= 4 is 17.6 Å². The molecule has 5 nitrogen and oxygen atoms in total. The van der Waals surface area contributed by atoms with Gasteiger partial charge in [0, 0.05) is 5.56 Å². The molecule has 88 valence electrons. The third-order valence-corrected chi connectivity index (χ3v) is 2.43. The van der Waals surface area contributed by atoms with Gasteiger partial charge in [-0.1, -0.05) is 17.7 Å². The van der Waals surface area contributed by atoms with Crippen LogP contribution in [0.3, 0.4) is 0 Å². The minimum Gasteiger partial charge on any atom is -0.493 e. The number of carbonyl (C=O) groups is 1. The summed E-state index contributed by atoms with van der Waals surface area (Å²) < 4.78 is 9.95. The Hall–Kier alpha value is -1.46. The first-order valence-electron chi connectivity index (χ1n) is 4.34. The lowest BCUT2D eigenvalue weighted by Gasteiger charge is -2.14. The standard InChI is InChI=1S/C10H11ClO5/c1-15-6-4-3-5(8(12)10(13)14)7(11)9(6)16-2/h3-4,8,12H,1-2H3,(H,13,14)/t8-/m1/s1. The maximum Gasteiger partial charge on any atom is 0.337 e. The van der Waals surface area contributed by atoms with Gasteiger partial charge in [-0.25, -0.2) is 4.79 Å². The molecule has 0 aliphatic carbocycles. The zero-order valence-electron chi connectivity index (χ0n) is 8.73. The van der Waals surface area contributed by atoms with Gasteiger partial charge in [-0.3, -0.25) is 0 Å². The van der Waals surface area contributed by atoms with E-state index in [1.807, 2.05) is 0 Å². The van der Waals surface area contributed by atoms with Crippen LogP contribution < -0.4 is 9.47 Å². The van der Waals surface area contributed by atoms with Crippen molar-refractivity contribution in [2.75, 3.05) is 14.2 Å². The number of carboxylic acid groups (broad SMARTS) is 1. The van der Waals surface area contributed by atoms with Gasteiger partial charge in [-0.05, 0) is 6.07 Å². The van der Waals surface area contributed by atoms with Gasteiger partial charge < -0.3 is 19.7 Å². The molecular formula is C10H11ClO5. The number of hydrogen-bond donors (Lipinski definition) is 2. The Kier molecular flexibility index (Phi) is 3.98. The van der Waals surface area contributed by atoms with Crippen molar-refractivity contribution in [3.05, 3.63) is 22.7 Å². The summed E-state index contributed by atoms with van der Waals surface area (Å²) in [5.74, 6) is -0.815. The summed E-state index contributed by atoms with van der Waals surface area (Å²) in [5, 5.41) is 18.1. The highest BCUT2D eigenvalue weighted by molar-refractivity contribution is 6.33. The van der Waals surface area contributed by atoms with E-state index in [2.05, 4.69) is 0 Å². The number of ether oxygens (including phenoxy) is 2. The molecule has 0 spiro atoms. The van der Waals surface area contributed by atoms with Crippen molar-refractivity contribution in [3.8, 4) is 11.5 Å². The van der Waals surface area contributed by atoms with E-state index < -0.39 is 12.1 Å². The van der Waals surface area contributed by atoms with Gasteiger partial charge >= 0.3 is 5.97 Å². The summed E-state index contributed by atoms with van der Waals surface area (Å²) >= 11 is 5.90. The van der Waals surface area contributed by atoms with Crippen LogP contribution in [0.2, 0.25) is 5.02 Å². The predicted molar refractivity (Wildman–Crippen MR) is 57.2 cm³/mol. The molecule has 0 bridgehead atoms. The maximum absolute atomic E-state index is 10.6. The number of carboxylic acids is 1. The van der Waals surface area contributed by atoms with Crippen LogP contribution in [0.15, 0.2) is 12.1 Å². The zero-order chi connectivity index (χ0) is 12.3. The van der Waals surface area contributed by atoms with Crippen LogP contribution in [-0.2, 0) is 4.79 Å². The molecule has 2 N–H and O–H groups in total. The van der Waals surface area contributed by atoms with Gasteiger partial charge in [-0.2, -0.15) is 0 Å². The van der Waals surface area contributed by atoms with E-state index in [4.69, 9.17) is 26.2 Å². The third-order valence-electron chi connectivity index (χ3n) is 2.04. The van der Waals surface area contributed by atoms with Gasteiger partial charge in [0.15, 0.2) is 17.6 Å². The minimum atomic E-state index is -1.69. The number of hydrogen-bond acceptors (Lipinski definition) is 4. The predicted octanol–water partition coefficient (Wildman–Crippen LogP) is 1.48. The highest BCUT2D eigenvalue weighted by Crippen LogP contribution is 2.39. The van der Waals surface area contributed by atoms with E-state index in [1.54, 1.807) is 0 Å². The Balaban J connectivity index is 3.29. The van der Waals surface area contributed by atoms with E-state index in [-0.39, 0.29) is 16.3 Å². The molecule has 1 rings (SSSR count). The van der Waals surface area contributed by atoms with Crippen molar-refractivity contribution < 1.29 is 24.5 Å². The second kappa shape index (κ2) is 5.05. The van der Waals surface area contributed by atoms with Crippen LogP contribution in [0.1, 0.15) is 11.7 Å². The Bertz CT molecular complexity index is 404. The summed E-state index contributed by atoms with van der Waals surface area (Å²) in [5.41, 5.74) is 0.0619. The molecule has 16 heavy (non-hydrogen) atoms. The fourth-order valence-electron chi connectivity index (χ4n) is 1.25. The number of rotatable bonds is 4. The van der Waals surface area contributed by atoms with Crippen LogP contribution in [0.4, 0.5) is 0 Å². The van der Waals surface area contributed by atoms with E-state index in [1.165, 1.54) is 26.4 Å². The molecule has 0 heterocycles. The molecule has 0 aliphatic heterocycles. The number of aliphatic carboxylic acids is 1. The first-order chi connectivity index (χ1) is 7.52. The molecule has 0 unspecified atom stereocenters. The van der Waals surface area contributed by atoms with Crippen molar-refractivity contribution in [1.82, 2.24) is 0 Å². The molecule has 1 aromatic rings. The van der Waals surface area contributed by atoms with Gasteiger partial charge in [0.2, 0.25) is 0 Å². The average Bonchev–Trinajstić information content (AvgIpc) is 2.27. The first kappa shape index (κ1) is 12.6. The molecule has 0 saturated heterocycles. The van der Waals surface area contributed by atoms with Crippen LogP contribution in [0.5, 0.6) is 11.5 Å². The lowest BCUT2D eigenvalue weighted by molar-refractivity contribution is -0.146. The summed E-state index contributed by atoms with van der Waals surface area (Å²) in [4.78, 5) is 10.6. The topological polar surface area (TPSA) is 76.0 Å². The molecular weight excluding hydrogens is 236 g/mol. The second-order valence-corrected chi connectivity index (χ2v) is 3.32. The molecule has 0 saturated carbocycles. The van der Waals surface area contributed by atoms with Crippen LogP contribution in [-0.4, -0.2) is 30.4 Å². The van der Waals surface area contributed by atoms with Crippen molar-refractivity contribution in [2.24, 2.45) is 0 Å². The highest BCUT2D eigenvalue weighted by Gasteiger charge is 2.23. The normalized spacial score (nSPS) is 12.0.